The number of nitro groups is 1. The Balaban J connectivity index is 3.35. The molecule has 9 nitrogen and oxygen atoms in total. The molecule has 1 aliphatic rings. The highest BCUT2D eigenvalue weighted by atomic mass is 16.7. The van der Waals surface area contributed by atoms with E-state index in [0.717, 1.165) is 0 Å². The second-order valence-corrected chi connectivity index (χ2v) is 2.88. The molecule has 17 heavy (non-hydrogen) atoms. The normalized spacial score (nSPS) is 18.2. The van der Waals surface area contributed by atoms with Gasteiger partial charge in [-0.05, 0) is 0 Å². The molecule has 0 spiro atoms. The van der Waals surface area contributed by atoms with E-state index in [1.165, 1.54) is 28.4 Å². The number of nitrogens with zero attached hydrogens (tertiary/aromatic N) is 2. The Morgan fingerprint density at radius 1 is 1.24 bits per heavy atom. The van der Waals surface area contributed by atoms with Gasteiger partial charge in [-0.1, -0.05) is 0 Å². The Hall–Kier alpha value is -1.87. The van der Waals surface area contributed by atoms with Crippen LogP contribution >= 0.6 is 0 Å². The van der Waals surface area contributed by atoms with Crippen molar-refractivity contribution in [3.63, 3.8) is 0 Å². The molecule has 9 heteroatoms. The van der Waals surface area contributed by atoms with Crippen molar-refractivity contribution in [1.29, 1.82) is 0 Å². The van der Waals surface area contributed by atoms with Crippen LogP contribution in [-0.2, 0) is 18.9 Å². The molecule has 1 aliphatic heterocycles. The van der Waals surface area contributed by atoms with Gasteiger partial charge in [-0.3, -0.25) is 15.4 Å². The third-order valence-corrected chi connectivity index (χ3v) is 2.12. The predicted octanol–water partition coefficient (Wildman–Crippen LogP) is -0.369. The minimum atomic E-state index is -1.90. The van der Waals surface area contributed by atoms with Gasteiger partial charge in [0.25, 0.3) is 11.9 Å². The van der Waals surface area contributed by atoms with E-state index in [2.05, 4.69) is 10.3 Å². The number of ether oxygens (including phenoxy) is 4. The molecule has 0 amide bonds. The highest BCUT2D eigenvalue weighted by molar-refractivity contribution is 5.77. The van der Waals surface area contributed by atoms with Gasteiger partial charge in [0.1, 0.15) is 0 Å². The number of amidine groups is 1. The average molecular weight is 247 g/mol. The quantitative estimate of drug-likeness (QED) is 0.410. The lowest BCUT2D eigenvalue weighted by Gasteiger charge is -2.28. The van der Waals surface area contributed by atoms with Crippen molar-refractivity contribution in [2.24, 2.45) is 4.99 Å². The van der Waals surface area contributed by atoms with Crippen LogP contribution in [0.1, 0.15) is 0 Å². The largest absolute Gasteiger partial charge is 0.477 e. The molecule has 1 heterocycles. The lowest BCUT2D eigenvalue weighted by atomic mass is 10.3. The molecule has 0 aromatic carbocycles. The van der Waals surface area contributed by atoms with Crippen LogP contribution in [0.15, 0.2) is 16.6 Å². The fraction of sp³-hybridized carbons (Fsp3) is 0.625. The van der Waals surface area contributed by atoms with Crippen molar-refractivity contribution in [2.75, 3.05) is 28.4 Å². The van der Waals surface area contributed by atoms with Gasteiger partial charge in [0.15, 0.2) is 0 Å². The fourth-order valence-electron chi connectivity index (χ4n) is 1.32. The first kappa shape index (κ1) is 13.2. The Morgan fingerprint density at radius 2 is 1.82 bits per heavy atom. The first-order valence-corrected chi connectivity index (χ1v) is 4.49. The van der Waals surface area contributed by atoms with Gasteiger partial charge in [-0.15, -0.1) is 0 Å². The summed E-state index contributed by atoms with van der Waals surface area (Å²) < 4.78 is 19.6. The molecule has 0 aliphatic carbocycles. The standard InChI is InChI=1S/C8H13N3O6/c1-14-6-5(11(12)13)8(16-3,17-4)10-7(9-6)15-2/h1-4H3,(H,9,10). The van der Waals surface area contributed by atoms with Crippen LogP contribution in [0.3, 0.4) is 0 Å². The molecule has 96 valence electrons. The molecule has 0 saturated carbocycles. The van der Waals surface area contributed by atoms with Crippen molar-refractivity contribution in [3.8, 4) is 0 Å². The Kier molecular flexibility index (Phi) is 3.86. The summed E-state index contributed by atoms with van der Waals surface area (Å²) in [7, 11) is 5.05. The van der Waals surface area contributed by atoms with Gasteiger partial charge >= 0.3 is 11.6 Å². The summed E-state index contributed by atoms with van der Waals surface area (Å²) in [5, 5.41) is 13.5. The van der Waals surface area contributed by atoms with Gasteiger partial charge in [0, 0.05) is 14.2 Å². The van der Waals surface area contributed by atoms with Crippen LogP contribution in [-0.4, -0.2) is 45.3 Å². The van der Waals surface area contributed by atoms with E-state index in [1.807, 2.05) is 0 Å². The first-order valence-electron chi connectivity index (χ1n) is 4.49. The second kappa shape index (κ2) is 4.97. The van der Waals surface area contributed by atoms with Crippen LogP contribution in [0.5, 0.6) is 0 Å². The molecule has 1 rings (SSSR count). The number of methoxy groups -OCH3 is 4. The molecule has 0 atom stereocenters. The smallest absolute Gasteiger partial charge is 0.389 e. The monoisotopic (exact) mass is 247 g/mol. The van der Waals surface area contributed by atoms with E-state index < -0.39 is 16.5 Å². The molecular weight excluding hydrogens is 234 g/mol. The fourth-order valence-corrected chi connectivity index (χ4v) is 1.32. The number of hydrogen-bond donors (Lipinski definition) is 1. The van der Waals surface area contributed by atoms with Crippen molar-refractivity contribution in [1.82, 2.24) is 5.32 Å². The maximum Gasteiger partial charge on any atom is 0.389 e. The summed E-state index contributed by atoms with van der Waals surface area (Å²) in [5.74, 6) is -2.06. The molecular formula is C8H13N3O6. The molecule has 0 saturated heterocycles. The van der Waals surface area contributed by atoms with Crippen molar-refractivity contribution in [2.45, 2.75) is 5.91 Å². The summed E-state index contributed by atoms with van der Waals surface area (Å²) in [6, 6.07) is -0.0175. The molecule has 0 radical (unpaired) electrons. The average Bonchev–Trinajstić information content (AvgIpc) is 2.36. The maximum atomic E-state index is 11.0. The minimum Gasteiger partial charge on any atom is -0.477 e. The third-order valence-electron chi connectivity index (χ3n) is 2.12. The topological polar surface area (TPSA) is 104 Å². The summed E-state index contributed by atoms with van der Waals surface area (Å²) in [4.78, 5) is 14.1. The Labute approximate surface area is 97.2 Å². The summed E-state index contributed by atoms with van der Waals surface area (Å²) in [6.45, 7) is 0. The minimum absolute atomic E-state index is 0.0175. The lowest BCUT2D eigenvalue weighted by Crippen LogP contribution is -2.47. The zero-order valence-electron chi connectivity index (χ0n) is 9.84. The van der Waals surface area contributed by atoms with Gasteiger partial charge in [-0.2, -0.15) is 4.99 Å². The predicted molar refractivity (Wildman–Crippen MR) is 55.4 cm³/mol. The van der Waals surface area contributed by atoms with Crippen molar-refractivity contribution in [3.05, 3.63) is 21.7 Å². The van der Waals surface area contributed by atoms with E-state index in [0.29, 0.717) is 0 Å². The van der Waals surface area contributed by atoms with Crippen LogP contribution in [0, 0.1) is 10.1 Å². The lowest BCUT2D eigenvalue weighted by molar-refractivity contribution is -0.466. The van der Waals surface area contributed by atoms with Gasteiger partial charge in [-0.25, -0.2) is 0 Å². The molecule has 0 unspecified atom stereocenters. The molecule has 0 aromatic rings. The number of nitrogens with one attached hydrogen (secondary N) is 1. The first-order chi connectivity index (χ1) is 8.04. The van der Waals surface area contributed by atoms with E-state index in [9.17, 15) is 10.1 Å². The number of aliphatic imine (C=N–C) groups is 1. The van der Waals surface area contributed by atoms with Gasteiger partial charge < -0.3 is 18.9 Å². The molecule has 0 fully saturated rings. The molecule has 1 N–H and O–H groups in total. The van der Waals surface area contributed by atoms with E-state index in [-0.39, 0.29) is 11.9 Å². The maximum absolute atomic E-state index is 11.0. The summed E-state index contributed by atoms with van der Waals surface area (Å²) in [5.41, 5.74) is -0.495. The van der Waals surface area contributed by atoms with E-state index >= 15 is 0 Å². The van der Waals surface area contributed by atoms with E-state index in [4.69, 9.17) is 18.9 Å². The third kappa shape index (κ3) is 2.15. The molecule has 0 aromatic heterocycles. The highest BCUT2D eigenvalue weighted by Gasteiger charge is 2.52. The van der Waals surface area contributed by atoms with Gasteiger partial charge in [0.05, 0.1) is 19.1 Å². The number of rotatable bonds is 4. The molecule has 0 bridgehead atoms. The van der Waals surface area contributed by atoms with E-state index in [1.54, 1.807) is 0 Å². The van der Waals surface area contributed by atoms with Crippen LogP contribution in [0.25, 0.3) is 0 Å². The zero-order valence-corrected chi connectivity index (χ0v) is 9.84. The highest BCUT2D eigenvalue weighted by Crippen LogP contribution is 2.29. The van der Waals surface area contributed by atoms with Gasteiger partial charge in [0.2, 0.25) is 0 Å². The zero-order chi connectivity index (χ0) is 13.1. The van der Waals surface area contributed by atoms with Crippen molar-refractivity contribution < 1.29 is 23.9 Å². The second-order valence-electron chi connectivity index (χ2n) is 2.88. The SMILES string of the molecule is COC1=NC(OC)(OC)C([N+](=O)[O-])=C(OC)N1. The Bertz CT molecular complexity index is 373. The van der Waals surface area contributed by atoms with Crippen molar-refractivity contribution >= 4 is 6.02 Å². The van der Waals surface area contributed by atoms with Crippen LogP contribution in [0.2, 0.25) is 0 Å². The Morgan fingerprint density at radius 3 is 2.18 bits per heavy atom. The van der Waals surface area contributed by atoms with Crippen LogP contribution in [0.4, 0.5) is 0 Å². The number of hydrogen-bond acceptors (Lipinski definition) is 8. The van der Waals surface area contributed by atoms with Crippen LogP contribution < -0.4 is 5.32 Å². The summed E-state index contributed by atoms with van der Waals surface area (Å²) in [6.07, 6.45) is 0. The summed E-state index contributed by atoms with van der Waals surface area (Å²) >= 11 is 0.